The fourth-order valence-corrected chi connectivity index (χ4v) is 0. The van der Waals surface area contributed by atoms with Gasteiger partial charge in [-0.2, -0.15) is 0 Å². The van der Waals surface area contributed by atoms with E-state index in [-0.39, 0.29) is 33.8 Å². The monoisotopic (exact) mass is 179 g/mol. The van der Waals surface area contributed by atoms with Gasteiger partial charge in [0.05, 0.1) is 0 Å². The molecule has 0 amide bonds. The molecule has 0 aromatic carbocycles. The third kappa shape index (κ3) is 1330. The van der Waals surface area contributed by atoms with E-state index in [4.69, 9.17) is 19.2 Å². The number of rotatable bonds is 0. The van der Waals surface area contributed by atoms with Gasteiger partial charge in [-0.15, -0.1) is 0 Å². The van der Waals surface area contributed by atoms with Crippen LogP contribution in [0.3, 0.4) is 0 Å². The fourth-order valence-electron chi connectivity index (χ4n) is 0. The van der Waals surface area contributed by atoms with Crippen molar-refractivity contribution >= 4 is 25.2 Å². The average molecular weight is 179 g/mol. The Hall–Kier alpha value is 0.522. The SMILES string of the molecule is O.O.O.O=P(O)(O)O.[Al]. The quantitative estimate of drug-likeness (QED) is 0.255. The van der Waals surface area contributed by atoms with Crippen molar-refractivity contribution in [1.29, 1.82) is 0 Å². The maximum Gasteiger partial charge on any atom is 0.466 e. The molecule has 0 heterocycles. The van der Waals surface area contributed by atoms with Crippen LogP contribution in [-0.2, 0) is 4.57 Å². The predicted octanol–water partition coefficient (Wildman–Crippen LogP) is -3.78. The van der Waals surface area contributed by atoms with Gasteiger partial charge >= 0.3 is 7.82 Å². The van der Waals surface area contributed by atoms with Crippen molar-refractivity contribution in [2.45, 2.75) is 0 Å². The van der Waals surface area contributed by atoms with Crippen molar-refractivity contribution in [3.8, 4) is 0 Å². The molecule has 7 nitrogen and oxygen atoms in total. The molecule has 0 bridgehead atoms. The van der Waals surface area contributed by atoms with Gasteiger partial charge in [-0.3, -0.25) is 0 Å². The Morgan fingerprint density at radius 1 is 0.889 bits per heavy atom. The summed E-state index contributed by atoms with van der Waals surface area (Å²) in [5, 5.41) is 0. The van der Waals surface area contributed by atoms with E-state index in [9.17, 15) is 0 Å². The molecular formula is H9AlO7P. The highest BCUT2D eigenvalue weighted by molar-refractivity contribution is 7.45. The summed E-state index contributed by atoms with van der Waals surface area (Å²) in [5.41, 5.74) is 0. The molecule has 0 saturated carbocycles. The standard InChI is InChI=1S/Al.H3O4P.3H2O/c;1-5(2,3)4;;;/h;(H3,1,2,3,4);3*1H2. The summed E-state index contributed by atoms with van der Waals surface area (Å²) in [6.45, 7) is 0. The topological polar surface area (TPSA) is 172 Å². The largest absolute Gasteiger partial charge is 0.466 e. The first-order chi connectivity index (χ1) is 2.00. The molecule has 0 atom stereocenters. The Kier molecular flexibility index (Phi) is 42.6. The molecule has 0 rings (SSSR count). The summed E-state index contributed by atoms with van der Waals surface area (Å²) in [4.78, 5) is 21.6. The van der Waals surface area contributed by atoms with E-state index in [1.165, 1.54) is 0 Å². The Balaban J connectivity index is -0.0000000133. The van der Waals surface area contributed by atoms with Crippen molar-refractivity contribution in [1.82, 2.24) is 0 Å². The van der Waals surface area contributed by atoms with Crippen LogP contribution in [0.5, 0.6) is 0 Å². The highest BCUT2D eigenvalue weighted by Crippen LogP contribution is 2.25. The van der Waals surface area contributed by atoms with Gasteiger partial charge in [-0.25, -0.2) is 4.57 Å². The Morgan fingerprint density at radius 2 is 0.889 bits per heavy atom. The lowest BCUT2D eigenvalue weighted by Crippen LogP contribution is -1.66. The second-order valence-corrected chi connectivity index (χ2v) is 1.54. The molecular weight excluding hydrogens is 170 g/mol. The molecule has 0 aliphatic heterocycles. The zero-order valence-corrected chi connectivity index (χ0v) is 6.32. The van der Waals surface area contributed by atoms with Crippen LogP contribution in [0.25, 0.3) is 0 Å². The summed E-state index contributed by atoms with van der Waals surface area (Å²) in [7, 11) is -4.64. The first kappa shape index (κ1) is 33.8. The lowest BCUT2D eigenvalue weighted by molar-refractivity contribution is 0.275. The smallest absolute Gasteiger partial charge is 0.412 e. The number of hydrogen-bond acceptors (Lipinski definition) is 1. The van der Waals surface area contributed by atoms with Crippen LogP contribution in [-0.4, -0.2) is 48.5 Å². The van der Waals surface area contributed by atoms with Crippen LogP contribution >= 0.6 is 7.82 Å². The zero-order chi connectivity index (χ0) is 4.50. The van der Waals surface area contributed by atoms with Crippen molar-refractivity contribution in [2.24, 2.45) is 0 Å². The molecule has 0 aliphatic rings. The summed E-state index contributed by atoms with van der Waals surface area (Å²) in [6.07, 6.45) is 0. The summed E-state index contributed by atoms with van der Waals surface area (Å²) in [6, 6.07) is 0. The predicted molar refractivity (Wildman–Crippen MR) is 30.9 cm³/mol. The Morgan fingerprint density at radius 3 is 0.889 bits per heavy atom. The second-order valence-electron chi connectivity index (χ2n) is 0.513. The first-order valence-corrected chi connectivity index (χ1v) is 2.35. The van der Waals surface area contributed by atoms with Crippen molar-refractivity contribution in [2.75, 3.05) is 0 Å². The van der Waals surface area contributed by atoms with Crippen LogP contribution in [0.2, 0.25) is 0 Å². The Bertz CT molecular complexity index is 55.1. The van der Waals surface area contributed by atoms with E-state index in [2.05, 4.69) is 0 Å². The van der Waals surface area contributed by atoms with Crippen LogP contribution in [0.4, 0.5) is 0 Å². The van der Waals surface area contributed by atoms with Gasteiger partial charge in [0.15, 0.2) is 0 Å². The molecule has 3 radical (unpaired) electrons. The molecule has 9 N–H and O–H groups in total. The van der Waals surface area contributed by atoms with Gasteiger partial charge in [0.25, 0.3) is 0 Å². The third-order valence-electron chi connectivity index (χ3n) is 0. The molecule has 0 aromatic rings. The lowest BCUT2D eigenvalue weighted by atomic mass is 15.8. The maximum atomic E-state index is 8.88. The van der Waals surface area contributed by atoms with Gasteiger partial charge in [0.1, 0.15) is 0 Å². The molecule has 0 aliphatic carbocycles. The zero-order valence-electron chi connectivity index (χ0n) is 4.27. The minimum absolute atomic E-state index is 0. The van der Waals surface area contributed by atoms with E-state index < -0.39 is 7.82 Å². The molecule has 0 aromatic heterocycles. The molecule has 0 unspecified atom stereocenters. The summed E-state index contributed by atoms with van der Waals surface area (Å²) < 4.78 is 8.88. The Labute approximate surface area is 61.6 Å². The van der Waals surface area contributed by atoms with E-state index in [1.807, 2.05) is 0 Å². The molecule has 0 saturated heterocycles. The highest BCUT2D eigenvalue weighted by Gasteiger charge is 2.00. The minimum atomic E-state index is -4.64. The van der Waals surface area contributed by atoms with Crippen molar-refractivity contribution < 1.29 is 35.7 Å². The molecule has 59 valence electrons. The van der Waals surface area contributed by atoms with Crippen molar-refractivity contribution in [3.05, 3.63) is 0 Å². The number of hydrogen-bond donors (Lipinski definition) is 3. The summed E-state index contributed by atoms with van der Waals surface area (Å²) >= 11 is 0. The first-order valence-electron chi connectivity index (χ1n) is 0.783. The third-order valence-corrected chi connectivity index (χ3v) is 0. The van der Waals surface area contributed by atoms with Gasteiger partial charge in [0, 0.05) is 17.4 Å². The van der Waals surface area contributed by atoms with E-state index >= 15 is 0 Å². The normalized spacial score (nSPS) is 6.56. The lowest BCUT2D eigenvalue weighted by Gasteiger charge is -1.82. The number of phosphoric acid groups is 1. The van der Waals surface area contributed by atoms with Gasteiger partial charge in [-0.05, 0) is 0 Å². The van der Waals surface area contributed by atoms with Gasteiger partial charge < -0.3 is 31.1 Å². The fraction of sp³-hybridized carbons (Fsp3) is 0. The minimum Gasteiger partial charge on any atom is -0.412 e. The molecule has 9 heavy (non-hydrogen) atoms. The highest BCUT2D eigenvalue weighted by atomic mass is 31.2. The molecule has 0 fully saturated rings. The van der Waals surface area contributed by atoms with Crippen LogP contribution in [0, 0.1) is 0 Å². The van der Waals surface area contributed by atoms with Crippen molar-refractivity contribution in [3.63, 3.8) is 0 Å². The maximum absolute atomic E-state index is 8.88. The average Bonchev–Trinajstić information content (AvgIpc) is 0.722. The molecule has 9 heteroatoms. The van der Waals surface area contributed by atoms with E-state index in [1.54, 1.807) is 0 Å². The molecule has 0 spiro atoms. The van der Waals surface area contributed by atoms with E-state index in [0.717, 1.165) is 0 Å². The second kappa shape index (κ2) is 11.3. The summed E-state index contributed by atoms with van der Waals surface area (Å²) in [5.74, 6) is 0. The van der Waals surface area contributed by atoms with Gasteiger partial charge in [-0.1, -0.05) is 0 Å². The van der Waals surface area contributed by atoms with Crippen LogP contribution < -0.4 is 0 Å². The van der Waals surface area contributed by atoms with Crippen LogP contribution in [0.15, 0.2) is 0 Å². The van der Waals surface area contributed by atoms with Gasteiger partial charge in [0.2, 0.25) is 0 Å². The van der Waals surface area contributed by atoms with E-state index in [0.29, 0.717) is 0 Å². The van der Waals surface area contributed by atoms with Crippen LogP contribution in [0.1, 0.15) is 0 Å².